The predicted octanol–water partition coefficient (Wildman–Crippen LogP) is 0.657. The number of esters is 1. The fourth-order valence-electron chi connectivity index (χ4n) is 2.63. The lowest BCUT2D eigenvalue weighted by molar-refractivity contribution is -0.153. The molecule has 10 nitrogen and oxygen atoms in total. The molecule has 1 aliphatic heterocycles. The van der Waals surface area contributed by atoms with Crippen LogP contribution in [0.2, 0.25) is 0 Å². The minimum Gasteiger partial charge on any atom is -0.459 e. The smallest absolute Gasteiger partial charge is 0.325 e. The van der Waals surface area contributed by atoms with Gasteiger partial charge in [0.1, 0.15) is 24.2 Å². The number of piperazine rings is 1. The highest BCUT2D eigenvalue weighted by molar-refractivity contribution is 14.0. The molecule has 1 N–H and O–H groups in total. The topological polar surface area (TPSA) is 117 Å². The fraction of sp³-hybridized carbons (Fsp3) is 0.688. The van der Waals surface area contributed by atoms with Gasteiger partial charge in [0.05, 0.1) is 5.69 Å². The van der Waals surface area contributed by atoms with Crippen LogP contribution in [0.1, 0.15) is 26.5 Å². The normalized spacial score (nSPS) is 16.4. The number of rotatable bonds is 5. The van der Waals surface area contributed by atoms with Gasteiger partial charge in [-0.3, -0.25) is 9.79 Å². The van der Waals surface area contributed by atoms with E-state index in [0.29, 0.717) is 37.8 Å². The van der Waals surface area contributed by atoms with Crippen molar-refractivity contribution in [1.82, 2.24) is 19.7 Å². The summed E-state index contributed by atoms with van der Waals surface area (Å²) >= 11 is 0. The maximum atomic E-state index is 12.5. The minimum absolute atomic E-state index is 0. The van der Waals surface area contributed by atoms with Gasteiger partial charge in [0.25, 0.3) is 0 Å². The SMILES string of the molecule is CN=C(NCC(=O)OC(C)(C)C)N1CCN(S(=O)(=O)Cc2ccon2)CC1.I. The van der Waals surface area contributed by atoms with Crippen LogP contribution < -0.4 is 5.32 Å². The molecule has 2 heterocycles. The Morgan fingerprint density at radius 1 is 1.32 bits per heavy atom. The number of nitrogens with one attached hydrogen (secondary N) is 1. The first-order chi connectivity index (χ1) is 12.6. The quantitative estimate of drug-likeness (QED) is 0.256. The van der Waals surface area contributed by atoms with Crippen molar-refractivity contribution in [3.63, 3.8) is 0 Å². The van der Waals surface area contributed by atoms with Gasteiger partial charge >= 0.3 is 5.97 Å². The molecule has 12 heteroatoms. The van der Waals surface area contributed by atoms with Gasteiger partial charge in [0.2, 0.25) is 10.0 Å². The number of carbonyl (C=O) groups excluding carboxylic acids is 1. The van der Waals surface area contributed by atoms with Crippen molar-refractivity contribution < 1.29 is 22.5 Å². The van der Waals surface area contributed by atoms with Gasteiger partial charge in [-0.25, -0.2) is 8.42 Å². The van der Waals surface area contributed by atoms with E-state index in [1.54, 1.807) is 27.8 Å². The van der Waals surface area contributed by atoms with Crippen molar-refractivity contribution in [2.24, 2.45) is 4.99 Å². The predicted molar refractivity (Wildman–Crippen MR) is 115 cm³/mol. The number of sulfonamides is 1. The third-order valence-electron chi connectivity index (χ3n) is 3.78. The average molecular weight is 529 g/mol. The molecule has 1 aliphatic rings. The summed E-state index contributed by atoms with van der Waals surface area (Å²) in [6, 6.07) is 1.54. The molecular formula is C16H28IN5O5S. The van der Waals surface area contributed by atoms with Gasteiger partial charge in [0.15, 0.2) is 5.96 Å². The summed E-state index contributed by atoms with van der Waals surface area (Å²) in [5.41, 5.74) is -0.168. The number of guanidine groups is 1. The number of ether oxygens (including phenoxy) is 1. The Bertz CT molecular complexity index is 753. The lowest BCUT2D eigenvalue weighted by Gasteiger charge is -2.35. The third kappa shape index (κ3) is 7.54. The third-order valence-corrected chi connectivity index (χ3v) is 5.59. The Hall–Kier alpha value is -1.41. The van der Waals surface area contributed by atoms with Crippen molar-refractivity contribution in [2.45, 2.75) is 32.1 Å². The second-order valence-electron chi connectivity index (χ2n) is 7.12. The second-order valence-corrected chi connectivity index (χ2v) is 9.09. The van der Waals surface area contributed by atoms with Crippen molar-refractivity contribution in [3.05, 3.63) is 18.0 Å². The van der Waals surface area contributed by atoms with Crippen molar-refractivity contribution >= 4 is 45.9 Å². The molecule has 0 amide bonds. The summed E-state index contributed by atoms with van der Waals surface area (Å²) in [4.78, 5) is 17.9. The molecule has 28 heavy (non-hydrogen) atoms. The number of hydrogen-bond acceptors (Lipinski definition) is 7. The van der Waals surface area contributed by atoms with E-state index in [4.69, 9.17) is 4.74 Å². The van der Waals surface area contributed by atoms with Gasteiger partial charge in [-0.05, 0) is 20.8 Å². The summed E-state index contributed by atoms with van der Waals surface area (Å²) in [5, 5.41) is 6.62. The number of aromatic nitrogens is 1. The van der Waals surface area contributed by atoms with E-state index >= 15 is 0 Å². The van der Waals surface area contributed by atoms with Crippen LogP contribution in [0.3, 0.4) is 0 Å². The van der Waals surface area contributed by atoms with Crippen LogP contribution in [-0.2, 0) is 25.3 Å². The summed E-state index contributed by atoms with van der Waals surface area (Å²) < 4.78 is 36.3. The molecule has 0 unspecified atom stereocenters. The molecule has 1 aromatic heterocycles. The van der Waals surface area contributed by atoms with E-state index < -0.39 is 15.6 Å². The highest BCUT2D eigenvalue weighted by Gasteiger charge is 2.29. The first-order valence-electron chi connectivity index (χ1n) is 8.65. The number of nitrogens with zero attached hydrogens (tertiary/aromatic N) is 4. The van der Waals surface area contributed by atoms with E-state index in [9.17, 15) is 13.2 Å². The maximum Gasteiger partial charge on any atom is 0.325 e. The zero-order valence-corrected chi connectivity index (χ0v) is 19.7. The van der Waals surface area contributed by atoms with E-state index in [2.05, 4.69) is 20.0 Å². The van der Waals surface area contributed by atoms with Crippen LogP contribution >= 0.6 is 24.0 Å². The maximum absolute atomic E-state index is 12.5. The Balaban J connectivity index is 0.00000392. The molecule has 160 valence electrons. The van der Waals surface area contributed by atoms with E-state index in [-0.39, 0.29) is 42.2 Å². The van der Waals surface area contributed by atoms with E-state index in [0.717, 1.165) is 0 Å². The first-order valence-corrected chi connectivity index (χ1v) is 10.3. The molecule has 0 spiro atoms. The van der Waals surface area contributed by atoms with Crippen LogP contribution in [0.4, 0.5) is 0 Å². The number of hydrogen-bond donors (Lipinski definition) is 1. The van der Waals surface area contributed by atoms with Crippen LogP contribution in [0.5, 0.6) is 0 Å². The highest BCUT2D eigenvalue weighted by atomic mass is 127. The first kappa shape index (κ1) is 24.6. The minimum atomic E-state index is -3.46. The Kier molecular flexibility index (Phi) is 9.14. The van der Waals surface area contributed by atoms with Crippen LogP contribution in [0, 0.1) is 0 Å². The molecule has 1 fully saturated rings. The number of halogens is 1. The van der Waals surface area contributed by atoms with Gasteiger partial charge in [-0.1, -0.05) is 5.16 Å². The number of carbonyl (C=O) groups is 1. The Labute approximate surface area is 182 Å². The zero-order valence-electron chi connectivity index (χ0n) is 16.5. The molecule has 0 atom stereocenters. The molecular weight excluding hydrogens is 501 g/mol. The van der Waals surface area contributed by atoms with Gasteiger partial charge in [-0.15, -0.1) is 24.0 Å². The molecule has 2 rings (SSSR count). The highest BCUT2D eigenvalue weighted by Crippen LogP contribution is 2.13. The second kappa shape index (κ2) is 10.4. The zero-order chi connectivity index (χ0) is 20.1. The summed E-state index contributed by atoms with van der Waals surface area (Å²) in [5.74, 6) is -0.0262. The van der Waals surface area contributed by atoms with Crippen molar-refractivity contribution in [2.75, 3.05) is 39.8 Å². The van der Waals surface area contributed by atoms with Gasteiger partial charge in [-0.2, -0.15) is 4.31 Å². The summed E-state index contributed by atoms with van der Waals surface area (Å²) in [7, 11) is -1.84. The van der Waals surface area contributed by atoms with E-state index in [1.165, 1.54) is 16.6 Å². The van der Waals surface area contributed by atoms with Gasteiger partial charge < -0.3 is 19.5 Å². The lowest BCUT2D eigenvalue weighted by atomic mass is 10.2. The average Bonchev–Trinajstić information content (AvgIpc) is 3.06. The molecule has 1 saturated heterocycles. The molecule has 0 saturated carbocycles. The summed E-state index contributed by atoms with van der Waals surface area (Å²) in [6.45, 7) is 6.99. The monoisotopic (exact) mass is 529 g/mol. The van der Waals surface area contributed by atoms with Gasteiger partial charge in [0, 0.05) is 39.3 Å². The van der Waals surface area contributed by atoms with Crippen LogP contribution in [-0.4, -0.2) is 80.1 Å². The standard InChI is InChI=1S/C16H27N5O5S.HI/c1-16(2,3)26-14(22)11-18-15(17-4)20-6-8-21(9-7-20)27(23,24)12-13-5-10-25-19-13;/h5,10H,6-9,11-12H2,1-4H3,(H,17,18);1H. The van der Waals surface area contributed by atoms with E-state index in [1.807, 2.05) is 4.90 Å². The Morgan fingerprint density at radius 2 is 1.96 bits per heavy atom. The van der Waals surface area contributed by atoms with Crippen molar-refractivity contribution in [1.29, 1.82) is 0 Å². The molecule has 0 aromatic carbocycles. The lowest BCUT2D eigenvalue weighted by Crippen LogP contribution is -2.54. The largest absolute Gasteiger partial charge is 0.459 e. The van der Waals surface area contributed by atoms with Crippen molar-refractivity contribution in [3.8, 4) is 0 Å². The van der Waals surface area contributed by atoms with Crippen LogP contribution in [0.25, 0.3) is 0 Å². The summed E-state index contributed by atoms with van der Waals surface area (Å²) in [6.07, 6.45) is 1.35. The molecule has 0 bridgehead atoms. The molecule has 0 radical (unpaired) electrons. The molecule has 0 aliphatic carbocycles. The Morgan fingerprint density at radius 3 is 2.46 bits per heavy atom. The number of aliphatic imine (C=N–C) groups is 1. The fourth-order valence-corrected chi connectivity index (χ4v) is 4.05. The molecule has 1 aromatic rings. The van der Waals surface area contributed by atoms with Crippen LogP contribution in [0.15, 0.2) is 21.8 Å².